The standard InChI is InChI=1S/C15H22N4/c1-11(2)9-19-8-7-16-14(10-19)15-17-12-5-3-4-6-13(12)18-15/h3-6,11,14,16H,7-10H2,1-2H3,(H,17,18). The Labute approximate surface area is 114 Å². The van der Waals surface area contributed by atoms with Crippen molar-refractivity contribution in [2.24, 2.45) is 5.92 Å². The van der Waals surface area contributed by atoms with Crippen molar-refractivity contribution < 1.29 is 0 Å². The molecule has 1 aromatic carbocycles. The maximum absolute atomic E-state index is 4.71. The molecule has 19 heavy (non-hydrogen) atoms. The molecule has 0 bridgehead atoms. The number of para-hydroxylation sites is 2. The highest BCUT2D eigenvalue weighted by molar-refractivity contribution is 5.74. The van der Waals surface area contributed by atoms with Gasteiger partial charge in [0.2, 0.25) is 0 Å². The van der Waals surface area contributed by atoms with Gasteiger partial charge in [-0.05, 0) is 18.1 Å². The third-order valence-corrected chi connectivity index (χ3v) is 3.62. The van der Waals surface area contributed by atoms with E-state index >= 15 is 0 Å². The molecule has 2 heterocycles. The number of benzene rings is 1. The Morgan fingerprint density at radius 2 is 2.21 bits per heavy atom. The Morgan fingerprint density at radius 1 is 1.37 bits per heavy atom. The number of nitrogens with one attached hydrogen (secondary N) is 2. The Bertz CT molecular complexity index is 513. The summed E-state index contributed by atoms with van der Waals surface area (Å²) in [5.41, 5.74) is 2.18. The highest BCUT2D eigenvalue weighted by Gasteiger charge is 2.23. The van der Waals surface area contributed by atoms with E-state index in [1.165, 1.54) is 6.54 Å². The van der Waals surface area contributed by atoms with E-state index in [1.54, 1.807) is 0 Å². The monoisotopic (exact) mass is 258 g/mol. The zero-order valence-electron chi connectivity index (χ0n) is 11.7. The van der Waals surface area contributed by atoms with Gasteiger partial charge in [0.25, 0.3) is 0 Å². The lowest BCUT2D eigenvalue weighted by Gasteiger charge is -2.33. The predicted molar refractivity (Wildman–Crippen MR) is 78.1 cm³/mol. The van der Waals surface area contributed by atoms with Gasteiger partial charge in [-0.1, -0.05) is 26.0 Å². The first-order valence-electron chi connectivity index (χ1n) is 7.13. The van der Waals surface area contributed by atoms with Gasteiger partial charge in [0.15, 0.2) is 0 Å². The molecule has 2 aromatic rings. The molecule has 4 nitrogen and oxygen atoms in total. The van der Waals surface area contributed by atoms with Gasteiger partial charge in [0.1, 0.15) is 5.82 Å². The number of aromatic amines is 1. The SMILES string of the molecule is CC(C)CN1CCNC(c2nc3ccccc3[nH]2)C1. The summed E-state index contributed by atoms with van der Waals surface area (Å²) in [5.74, 6) is 1.78. The van der Waals surface area contributed by atoms with Crippen molar-refractivity contribution in [1.29, 1.82) is 0 Å². The van der Waals surface area contributed by atoms with Crippen LogP contribution in [0.4, 0.5) is 0 Å². The Kier molecular flexibility index (Phi) is 3.53. The topological polar surface area (TPSA) is 44.0 Å². The number of aromatic nitrogens is 2. The highest BCUT2D eigenvalue weighted by atomic mass is 15.2. The fraction of sp³-hybridized carbons (Fsp3) is 0.533. The maximum atomic E-state index is 4.71. The number of rotatable bonds is 3. The van der Waals surface area contributed by atoms with Crippen molar-refractivity contribution in [3.8, 4) is 0 Å². The first-order valence-corrected chi connectivity index (χ1v) is 7.13. The lowest BCUT2D eigenvalue weighted by Crippen LogP contribution is -2.47. The third-order valence-electron chi connectivity index (χ3n) is 3.62. The molecule has 0 aliphatic carbocycles. The minimum absolute atomic E-state index is 0.319. The summed E-state index contributed by atoms with van der Waals surface area (Å²) >= 11 is 0. The van der Waals surface area contributed by atoms with E-state index in [-0.39, 0.29) is 0 Å². The summed E-state index contributed by atoms with van der Waals surface area (Å²) in [7, 11) is 0. The molecule has 1 aliphatic rings. The molecule has 0 spiro atoms. The van der Waals surface area contributed by atoms with Crippen LogP contribution in [0.3, 0.4) is 0 Å². The van der Waals surface area contributed by atoms with Crippen molar-refractivity contribution in [3.63, 3.8) is 0 Å². The number of piperazine rings is 1. The van der Waals surface area contributed by atoms with Crippen molar-refractivity contribution in [2.75, 3.05) is 26.2 Å². The number of H-pyrrole nitrogens is 1. The second-order valence-electron chi connectivity index (χ2n) is 5.80. The molecule has 1 atom stereocenters. The van der Waals surface area contributed by atoms with Crippen LogP contribution in [0.25, 0.3) is 11.0 Å². The minimum atomic E-state index is 0.319. The van der Waals surface area contributed by atoms with E-state index in [0.717, 1.165) is 42.4 Å². The molecule has 1 aliphatic heterocycles. The van der Waals surface area contributed by atoms with Crippen molar-refractivity contribution in [1.82, 2.24) is 20.2 Å². The first-order chi connectivity index (χ1) is 9.22. The molecule has 3 rings (SSSR count). The summed E-state index contributed by atoms with van der Waals surface area (Å²) in [4.78, 5) is 10.7. The molecule has 0 saturated carbocycles. The summed E-state index contributed by atoms with van der Waals surface area (Å²) in [6.45, 7) is 8.93. The van der Waals surface area contributed by atoms with Crippen LogP contribution in [-0.4, -0.2) is 41.0 Å². The van der Waals surface area contributed by atoms with Crippen LogP contribution in [0.1, 0.15) is 25.7 Å². The van der Waals surface area contributed by atoms with Gasteiger partial charge in [-0.3, -0.25) is 4.90 Å². The van der Waals surface area contributed by atoms with Gasteiger partial charge in [0, 0.05) is 26.2 Å². The van der Waals surface area contributed by atoms with Crippen LogP contribution in [0.5, 0.6) is 0 Å². The lowest BCUT2D eigenvalue weighted by molar-refractivity contribution is 0.179. The second-order valence-corrected chi connectivity index (χ2v) is 5.80. The fourth-order valence-electron chi connectivity index (χ4n) is 2.81. The summed E-state index contributed by atoms with van der Waals surface area (Å²) in [6, 6.07) is 8.54. The zero-order valence-corrected chi connectivity index (χ0v) is 11.7. The molecule has 2 N–H and O–H groups in total. The molecule has 0 amide bonds. The summed E-state index contributed by atoms with van der Waals surface area (Å²) < 4.78 is 0. The number of nitrogens with zero attached hydrogens (tertiary/aromatic N) is 2. The van der Waals surface area contributed by atoms with Gasteiger partial charge in [-0.2, -0.15) is 0 Å². The highest BCUT2D eigenvalue weighted by Crippen LogP contribution is 2.19. The van der Waals surface area contributed by atoms with Gasteiger partial charge in [0.05, 0.1) is 17.1 Å². The van der Waals surface area contributed by atoms with Crippen molar-refractivity contribution in [2.45, 2.75) is 19.9 Å². The smallest absolute Gasteiger partial charge is 0.125 e. The van der Waals surface area contributed by atoms with Crippen LogP contribution in [0.15, 0.2) is 24.3 Å². The Balaban J connectivity index is 1.77. The average Bonchev–Trinajstić information content (AvgIpc) is 2.82. The normalized spacial score (nSPS) is 21.3. The van der Waals surface area contributed by atoms with Crippen molar-refractivity contribution in [3.05, 3.63) is 30.1 Å². The number of fused-ring (bicyclic) bond motifs is 1. The van der Waals surface area contributed by atoms with E-state index in [9.17, 15) is 0 Å². The van der Waals surface area contributed by atoms with Crippen LogP contribution in [0, 0.1) is 5.92 Å². The predicted octanol–water partition coefficient (Wildman–Crippen LogP) is 2.17. The molecule has 4 heteroatoms. The lowest BCUT2D eigenvalue weighted by atomic mass is 10.1. The molecule has 1 saturated heterocycles. The number of hydrogen-bond acceptors (Lipinski definition) is 3. The molecule has 102 valence electrons. The quantitative estimate of drug-likeness (QED) is 0.886. The maximum Gasteiger partial charge on any atom is 0.125 e. The zero-order chi connectivity index (χ0) is 13.2. The van der Waals surface area contributed by atoms with Crippen LogP contribution >= 0.6 is 0 Å². The van der Waals surface area contributed by atoms with Crippen LogP contribution < -0.4 is 5.32 Å². The molecule has 1 unspecified atom stereocenters. The molecular weight excluding hydrogens is 236 g/mol. The number of imidazole rings is 1. The van der Waals surface area contributed by atoms with E-state index in [0.29, 0.717) is 6.04 Å². The van der Waals surface area contributed by atoms with Gasteiger partial charge >= 0.3 is 0 Å². The van der Waals surface area contributed by atoms with E-state index in [1.807, 2.05) is 12.1 Å². The van der Waals surface area contributed by atoms with Gasteiger partial charge in [-0.25, -0.2) is 4.98 Å². The van der Waals surface area contributed by atoms with E-state index in [2.05, 4.69) is 41.2 Å². The molecular formula is C15H22N4. The van der Waals surface area contributed by atoms with Gasteiger partial charge < -0.3 is 10.3 Å². The van der Waals surface area contributed by atoms with Gasteiger partial charge in [-0.15, -0.1) is 0 Å². The molecule has 0 radical (unpaired) electrons. The average molecular weight is 258 g/mol. The third kappa shape index (κ3) is 2.80. The van der Waals surface area contributed by atoms with Crippen LogP contribution in [0.2, 0.25) is 0 Å². The summed E-state index contributed by atoms with van der Waals surface area (Å²) in [5, 5.41) is 3.56. The molecule has 1 fully saturated rings. The Hall–Kier alpha value is -1.39. The summed E-state index contributed by atoms with van der Waals surface area (Å²) in [6.07, 6.45) is 0. The Morgan fingerprint density at radius 3 is 3.00 bits per heavy atom. The van der Waals surface area contributed by atoms with Crippen LogP contribution in [-0.2, 0) is 0 Å². The van der Waals surface area contributed by atoms with E-state index in [4.69, 9.17) is 4.98 Å². The largest absolute Gasteiger partial charge is 0.341 e. The van der Waals surface area contributed by atoms with E-state index < -0.39 is 0 Å². The fourth-order valence-corrected chi connectivity index (χ4v) is 2.81. The van der Waals surface area contributed by atoms with Crippen molar-refractivity contribution >= 4 is 11.0 Å². The number of hydrogen-bond donors (Lipinski definition) is 2. The second kappa shape index (κ2) is 5.31. The molecule has 1 aromatic heterocycles. The minimum Gasteiger partial charge on any atom is -0.341 e. The first kappa shape index (κ1) is 12.6.